The molecule has 4 nitrogen and oxygen atoms in total. The van der Waals surface area contributed by atoms with Gasteiger partial charge in [0.25, 0.3) is 0 Å². The van der Waals surface area contributed by atoms with Gasteiger partial charge >= 0.3 is 5.97 Å². The molecule has 0 bridgehead atoms. The third-order valence-corrected chi connectivity index (χ3v) is 2.82. The first kappa shape index (κ1) is 12.6. The SMILES string of the molecule is CCOC(=O)c1cn(-c2c(C)cccc2Cl)cn1. The lowest BCUT2D eigenvalue weighted by atomic mass is 10.2. The summed E-state index contributed by atoms with van der Waals surface area (Å²) < 4.78 is 6.62. The Hall–Kier alpha value is -1.81. The monoisotopic (exact) mass is 264 g/mol. The number of para-hydroxylation sites is 1. The van der Waals surface area contributed by atoms with Crippen molar-refractivity contribution in [2.45, 2.75) is 13.8 Å². The zero-order valence-electron chi connectivity index (χ0n) is 10.2. The number of hydrogen-bond donors (Lipinski definition) is 0. The fourth-order valence-corrected chi connectivity index (χ4v) is 2.03. The van der Waals surface area contributed by atoms with Crippen molar-refractivity contribution in [1.82, 2.24) is 9.55 Å². The maximum Gasteiger partial charge on any atom is 0.358 e. The van der Waals surface area contributed by atoms with Crippen LogP contribution < -0.4 is 0 Å². The summed E-state index contributed by atoms with van der Waals surface area (Å²) in [5.74, 6) is -0.430. The van der Waals surface area contributed by atoms with Crippen LogP contribution >= 0.6 is 11.6 Å². The molecule has 94 valence electrons. The topological polar surface area (TPSA) is 44.1 Å². The highest BCUT2D eigenvalue weighted by molar-refractivity contribution is 6.32. The van der Waals surface area contributed by atoms with Crippen molar-refractivity contribution in [3.63, 3.8) is 0 Å². The molecule has 0 saturated carbocycles. The molecule has 2 rings (SSSR count). The highest BCUT2D eigenvalue weighted by Gasteiger charge is 2.13. The van der Waals surface area contributed by atoms with Gasteiger partial charge in [-0.15, -0.1) is 0 Å². The van der Waals surface area contributed by atoms with Crippen molar-refractivity contribution < 1.29 is 9.53 Å². The molecular weight excluding hydrogens is 252 g/mol. The first-order chi connectivity index (χ1) is 8.63. The summed E-state index contributed by atoms with van der Waals surface area (Å²) >= 11 is 6.15. The van der Waals surface area contributed by atoms with Crippen LogP contribution in [0.3, 0.4) is 0 Å². The summed E-state index contributed by atoms with van der Waals surface area (Å²) in [6, 6.07) is 5.63. The highest BCUT2D eigenvalue weighted by atomic mass is 35.5. The Morgan fingerprint density at radius 1 is 1.50 bits per heavy atom. The smallest absolute Gasteiger partial charge is 0.358 e. The molecule has 0 unspecified atom stereocenters. The predicted octanol–water partition coefficient (Wildman–Crippen LogP) is 3.01. The Balaban J connectivity index is 2.38. The maximum absolute atomic E-state index is 11.5. The summed E-state index contributed by atoms with van der Waals surface area (Å²) in [5.41, 5.74) is 2.11. The van der Waals surface area contributed by atoms with E-state index < -0.39 is 5.97 Å². The number of carbonyl (C=O) groups is 1. The molecule has 5 heteroatoms. The van der Waals surface area contributed by atoms with Crippen LogP contribution in [-0.4, -0.2) is 22.1 Å². The molecule has 2 aromatic rings. The molecular formula is C13H13ClN2O2. The average Bonchev–Trinajstić information content (AvgIpc) is 2.78. The third-order valence-electron chi connectivity index (χ3n) is 2.51. The van der Waals surface area contributed by atoms with E-state index in [4.69, 9.17) is 16.3 Å². The number of hydrogen-bond acceptors (Lipinski definition) is 3. The van der Waals surface area contributed by atoms with Gasteiger partial charge < -0.3 is 9.30 Å². The molecule has 0 aliphatic rings. The van der Waals surface area contributed by atoms with E-state index in [9.17, 15) is 4.79 Å². The van der Waals surface area contributed by atoms with Crippen LogP contribution in [0.15, 0.2) is 30.7 Å². The van der Waals surface area contributed by atoms with Crippen molar-refractivity contribution in [1.29, 1.82) is 0 Å². The zero-order chi connectivity index (χ0) is 13.1. The van der Waals surface area contributed by atoms with Crippen LogP contribution in [0.25, 0.3) is 5.69 Å². The molecule has 0 radical (unpaired) electrons. The molecule has 0 atom stereocenters. The number of rotatable bonds is 3. The lowest BCUT2D eigenvalue weighted by Crippen LogP contribution is -2.04. The van der Waals surface area contributed by atoms with Gasteiger partial charge in [-0.1, -0.05) is 23.7 Å². The van der Waals surface area contributed by atoms with Gasteiger partial charge in [-0.25, -0.2) is 9.78 Å². The molecule has 0 spiro atoms. The van der Waals surface area contributed by atoms with Crippen molar-refractivity contribution in [2.75, 3.05) is 6.61 Å². The van der Waals surface area contributed by atoms with Crippen LogP contribution in [0, 0.1) is 6.92 Å². The minimum absolute atomic E-state index is 0.274. The fraction of sp³-hybridized carbons (Fsp3) is 0.231. The van der Waals surface area contributed by atoms with Gasteiger partial charge in [0.05, 0.1) is 17.3 Å². The van der Waals surface area contributed by atoms with Crippen LogP contribution in [-0.2, 0) is 4.74 Å². The van der Waals surface area contributed by atoms with E-state index in [1.165, 1.54) is 0 Å². The number of carbonyl (C=O) groups excluding carboxylic acids is 1. The van der Waals surface area contributed by atoms with Gasteiger partial charge in [-0.05, 0) is 25.5 Å². The molecule has 0 fully saturated rings. The second-order valence-electron chi connectivity index (χ2n) is 3.79. The molecule has 0 amide bonds. The first-order valence-electron chi connectivity index (χ1n) is 5.60. The van der Waals surface area contributed by atoms with E-state index in [1.807, 2.05) is 19.1 Å². The van der Waals surface area contributed by atoms with Gasteiger partial charge in [-0.2, -0.15) is 0 Å². The number of benzene rings is 1. The molecule has 1 heterocycles. The Labute approximate surface area is 110 Å². The normalized spacial score (nSPS) is 10.4. The lowest BCUT2D eigenvalue weighted by molar-refractivity contribution is 0.0520. The number of halogens is 1. The fourth-order valence-electron chi connectivity index (χ4n) is 1.71. The molecule has 0 aliphatic heterocycles. The zero-order valence-corrected chi connectivity index (χ0v) is 10.9. The summed E-state index contributed by atoms with van der Waals surface area (Å²) in [5, 5.41) is 0.614. The van der Waals surface area contributed by atoms with E-state index >= 15 is 0 Å². The van der Waals surface area contributed by atoms with E-state index in [1.54, 1.807) is 30.1 Å². The lowest BCUT2D eigenvalue weighted by Gasteiger charge is -2.08. The van der Waals surface area contributed by atoms with Crippen molar-refractivity contribution in [2.24, 2.45) is 0 Å². The van der Waals surface area contributed by atoms with Crippen LogP contribution in [0.1, 0.15) is 23.0 Å². The van der Waals surface area contributed by atoms with E-state index in [2.05, 4.69) is 4.98 Å². The van der Waals surface area contributed by atoms with E-state index in [-0.39, 0.29) is 5.69 Å². The number of aromatic nitrogens is 2. The largest absolute Gasteiger partial charge is 0.461 e. The average molecular weight is 265 g/mol. The standard InChI is InChI=1S/C13H13ClN2O2/c1-3-18-13(17)11-7-16(8-15-11)12-9(2)5-4-6-10(12)14/h4-8H,3H2,1-2H3. The number of ether oxygens (including phenoxy) is 1. The van der Waals surface area contributed by atoms with E-state index in [0.29, 0.717) is 11.6 Å². The van der Waals surface area contributed by atoms with Crippen LogP contribution in [0.4, 0.5) is 0 Å². The molecule has 0 aliphatic carbocycles. The Kier molecular flexibility index (Phi) is 3.67. The van der Waals surface area contributed by atoms with Crippen LogP contribution in [0.5, 0.6) is 0 Å². The van der Waals surface area contributed by atoms with E-state index in [0.717, 1.165) is 11.3 Å². The van der Waals surface area contributed by atoms with Gasteiger partial charge in [0.15, 0.2) is 5.69 Å². The van der Waals surface area contributed by atoms with Crippen LogP contribution in [0.2, 0.25) is 5.02 Å². The molecule has 18 heavy (non-hydrogen) atoms. The summed E-state index contributed by atoms with van der Waals surface area (Å²) in [7, 11) is 0. The van der Waals surface area contributed by atoms with Gasteiger partial charge in [-0.3, -0.25) is 0 Å². The highest BCUT2D eigenvalue weighted by Crippen LogP contribution is 2.24. The summed E-state index contributed by atoms with van der Waals surface area (Å²) in [6.07, 6.45) is 3.17. The number of imidazole rings is 1. The van der Waals surface area contributed by atoms with Gasteiger partial charge in [0.2, 0.25) is 0 Å². The number of nitrogens with zero attached hydrogens (tertiary/aromatic N) is 2. The minimum atomic E-state index is -0.430. The Morgan fingerprint density at radius 2 is 2.28 bits per heavy atom. The summed E-state index contributed by atoms with van der Waals surface area (Å²) in [4.78, 5) is 15.6. The molecule has 0 saturated heterocycles. The van der Waals surface area contributed by atoms with Crippen molar-refractivity contribution in [3.05, 3.63) is 47.0 Å². The number of aryl methyl sites for hydroxylation is 1. The molecule has 1 aromatic carbocycles. The third kappa shape index (κ3) is 2.38. The van der Waals surface area contributed by atoms with Crippen molar-refractivity contribution in [3.8, 4) is 5.69 Å². The number of esters is 1. The van der Waals surface area contributed by atoms with Gasteiger partial charge in [0.1, 0.15) is 6.33 Å². The molecule has 1 aromatic heterocycles. The Bertz CT molecular complexity index is 558. The second kappa shape index (κ2) is 5.23. The maximum atomic E-state index is 11.5. The minimum Gasteiger partial charge on any atom is -0.461 e. The van der Waals surface area contributed by atoms with Gasteiger partial charge in [0, 0.05) is 6.20 Å². The first-order valence-corrected chi connectivity index (χ1v) is 5.98. The Morgan fingerprint density at radius 3 is 2.94 bits per heavy atom. The predicted molar refractivity (Wildman–Crippen MR) is 69.3 cm³/mol. The second-order valence-corrected chi connectivity index (χ2v) is 4.20. The quantitative estimate of drug-likeness (QED) is 0.801. The molecule has 0 N–H and O–H groups in total. The van der Waals surface area contributed by atoms with Crippen molar-refractivity contribution >= 4 is 17.6 Å². The summed E-state index contributed by atoms with van der Waals surface area (Å²) in [6.45, 7) is 4.04.